The molecular formula is C41H43N3O4S. The van der Waals surface area contributed by atoms with Gasteiger partial charge in [-0.05, 0) is 78.6 Å². The van der Waals surface area contributed by atoms with E-state index < -0.39 is 5.97 Å². The number of aromatic carboxylic acids is 1. The molecule has 49 heavy (non-hydrogen) atoms. The molecular weight excluding hydrogens is 631 g/mol. The van der Waals surface area contributed by atoms with Gasteiger partial charge in [-0.25, -0.2) is 9.78 Å². The molecule has 7 nitrogen and oxygen atoms in total. The molecule has 0 spiro atoms. The monoisotopic (exact) mass is 673 g/mol. The molecule has 1 atom stereocenters. The number of imidazole rings is 1. The number of fused-ring (bicyclic) bond motifs is 1. The lowest BCUT2D eigenvalue weighted by atomic mass is 9.98. The highest BCUT2D eigenvalue weighted by atomic mass is 32.2. The van der Waals surface area contributed by atoms with E-state index in [1.54, 1.807) is 12.1 Å². The number of carboxylic acid groups (broad SMARTS) is 1. The average molecular weight is 674 g/mol. The lowest BCUT2D eigenvalue weighted by Gasteiger charge is -2.20. The Kier molecular flexibility index (Phi) is 10.9. The van der Waals surface area contributed by atoms with Crippen molar-refractivity contribution in [3.63, 3.8) is 0 Å². The van der Waals surface area contributed by atoms with E-state index in [0.717, 1.165) is 77.6 Å². The van der Waals surface area contributed by atoms with Gasteiger partial charge < -0.3 is 15.0 Å². The van der Waals surface area contributed by atoms with Crippen LogP contribution in [0.3, 0.4) is 0 Å². The summed E-state index contributed by atoms with van der Waals surface area (Å²) in [6, 6.07) is 28.8. The molecule has 1 amide bonds. The molecule has 1 aliphatic carbocycles. The van der Waals surface area contributed by atoms with Gasteiger partial charge in [-0.2, -0.15) is 0 Å². The van der Waals surface area contributed by atoms with Gasteiger partial charge in [-0.1, -0.05) is 104 Å². The second kappa shape index (κ2) is 15.7. The van der Waals surface area contributed by atoms with Crippen molar-refractivity contribution in [1.29, 1.82) is 0 Å². The summed E-state index contributed by atoms with van der Waals surface area (Å²) in [5.74, 6) is 0.514. The highest BCUT2D eigenvalue weighted by Gasteiger charge is 2.25. The number of benzene rings is 4. The van der Waals surface area contributed by atoms with Gasteiger partial charge >= 0.3 is 5.97 Å². The van der Waals surface area contributed by atoms with Crippen molar-refractivity contribution < 1.29 is 19.5 Å². The number of hydrogen-bond acceptors (Lipinski definition) is 5. The number of carboxylic acids is 1. The Bertz CT molecular complexity index is 1950. The largest absolute Gasteiger partial charge is 0.478 e. The summed E-state index contributed by atoms with van der Waals surface area (Å²) in [5, 5.41) is 13.2. The number of carbonyl (C=O) groups is 3. The Labute approximate surface area is 292 Å². The summed E-state index contributed by atoms with van der Waals surface area (Å²) in [6.07, 6.45) is 6.54. The van der Waals surface area contributed by atoms with Crippen LogP contribution >= 0.6 is 11.8 Å². The Morgan fingerprint density at radius 2 is 1.65 bits per heavy atom. The Morgan fingerprint density at radius 3 is 2.37 bits per heavy atom. The third kappa shape index (κ3) is 8.14. The van der Waals surface area contributed by atoms with Crippen LogP contribution in [0.5, 0.6) is 0 Å². The van der Waals surface area contributed by atoms with Crippen molar-refractivity contribution in [2.75, 3.05) is 5.75 Å². The maximum Gasteiger partial charge on any atom is 0.336 e. The standard InChI is InChI=1S/C41H43N3O4S/c1-3-11-37-43-38-27(2)22-32(39(45)42-33(23-28-12-5-4-6-13-28)26-49-41(48)31-14-7-8-15-31)24-36(38)44(37)25-29-18-20-30(21-19-29)34-16-9-10-17-35(34)40(46)47/h4-6,9-10,12-13,16-22,24,31,33H,3,7-8,11,14-15,23,25-26H2,1-2H3,(H,42,45)(H,46,47). The lowest BCUT2D eigenvalue weighted by Crippen LogP contribution is -2.38. The topological polar surface area (TPSA) is 101 Å². The normalized spacial score (nSPS) is 13.8. The van der Waals surface area contributed by atoms with E-state index in [1.165, 1.54) is 11.8 Å². The maximum absolute atomic E-state index is 13.9. The van der Waals surface area contributed by atoms with Crippen LogP contribution in [-0.2, 0) is 24.2 Å². The summed E-state index contributed by atoms with van der Waals surface area (Å²) in [6.45, 7) is 4.69. The van der Waals surface area contributed by atoms with Crippen molar-refractivity contribution >= 4 is 39.8 Å². The minimum atomic E-state index is -0.952. The van der Waals surface area contributed by atoms with Crippen LogP contribution in [0.15, 0.2) is 91.0 Å². The number of nitrogens with one attached hydrogen (secondary N) is 1. The van der Waals surface area contributed by atoms with E-state index in [0.29, 0.717) is 29.8 Å². The fourth-order valence-electron chi connectivity index (χ4n) is 6.84. The van der Waals surface area contributed by atoms with Gasteiger partial charge in [0.1, 0.15) is 5.82 Å². The molecule has 4 aromatic carbocycles. The highest BCUT2D eigenvalue weighted by Crippen LogP contribution is 2.30. The number of thioether (sulfide) groups is 1. The first-order valence-electron chi connectivity index (χ1n) is 17.2. The van der Waals surface area contributed by atoms with Crippen molar-refractivity contribution in [3.8, 4) is 11.1 Å². The zero-order valence-corrected chi connectivity index (χ0v) is 29.0. The van der Waals surface area contributed by atoms with Crippen molar-refractivity contribution in [2.45, 2.75) is 71.4 Å². The molecule has 1 heterocycles. The molecule has 1 fully saturated rings. The molecule has 8 heteroatoms. The number of carbonyl (C=O) groups excluding carboxylic acids is 2. The molecule has 1 saturated carbocycles. The Hall–Kier alpha value is -4.69. The number of amides is 1. The van der Waals surface area contributed by atoms with E-state index in [1.807, 2.05) is 73.7 Å². The molecule has 5 aromatic rings. The van der Waals surface area contributed by atoms with Crippen LogP contribution in [-0.4, -0.2) is 43.4 Å². The Morgan fingerprint density at radius 1 is 0.939 bits per heavy atom. The third-order valence-electron chi connectivity index (χ3n) is 9.40. The van der Waals surface area contributed by atoms with Crippen molar-refractivity contribution in [1.82, 2.24) is 14.9 Å². The van der Waals surface area contributed by atoms with E-state index in [4.69, 9.17) is 4.98 Å². The summed E-state index contributed by atoms with van der Waals surface area (Å²) in [5.41, 5.74) is 7.25. The fourth-order valence-corrected chi connectivity index (χ4v) is 7.88. The van der Waals surface area contributed by atoms with Crippen LogP contribution in [0, 0.1) is 12.8 Å². The molecule has 1 unspecified atom stereocenters. The predicted octanol–water partition coefficient (Wildman–Crippen LogP) is 8.50. The second-order valence-corrected chi connectivity index (χ2v) is 14.1. The first-order valence-corrected chi connectivity index (χ1v) is 18.2. The van der Waals surface area contributed by atoms with Crippen LogP contribution < -0.4 is 5.32 Å². The number of nitrogens with zero attached hydrogens (tertiary/aromatic N) is 2. The van der Waals surface area contributed by atoms with Gasteiger partial charge in [0.05, 0.1) is 16.6 Å². The van der Waals surface area contributed by atoms with Crippen LogP contribution in [0.1, 0.15) is 82.3 Å². The van der Waals surface area contributed by atoms with Gasteiger partial charge in [0.2, 0.25) is 0 Å². The van der Waals surface area contributed by atoms with Gasteiger partial charge in [0, 0.05) is 36.2 Å². The van der Waals surface area contributed by atoms with E-state index in [2.05, 4.69) is 28.9 Å². The minimum Gasteiger partial charge on any atom is -0.478 e. The number of aromatic nitrogens is 2. The lowest BCUT2D eigenvalue weighted by molar-refractivity contribution is -0.114. The maximum atomic E-state index is 13.9. The smallest absolute Gasteiger partial charge is 0.336 e. The summed E-state index contributed by atoms with van der Waals surface area (Å²) >= 11 is 1.36. The first-order chi connectivity index (χ1) is 23.8. The van der Waals surface area contributed by atoms with Crippen LogP contribution in [0.4, 0.5) is 0 Å². The van der Waals surface area contributed by atoms with E-state index in [-0.39, 0.29) is 28.5 Å². The van der Waals surface area contributed by atoms with E-state index >= 15 is 0 Å². The summed E-state index contributed by atoms with van der Waals surface area (Å²) in [7, 11) is 0. The average Bonchev–Trinajstić information content (AvgIpc) is 3.77. The zero-order chi connectivity index (χ0) is 34.3. The zero-order valence-electron chi connectivity index (χ0n) is 28.2. The summed E-state index contributed by atoms with van der Waals surface area (Å²) in [4.78, 5) is 43.7. The van der Waals surface area contributed by atoms with Gasteiger partial charge in [0.15, 0.2) is 5.12 Å². The molecule has 0 radical (unpaired) electrons. The van der Waals surface area contributed by atoms with Crippen LogP contribution in [0.25, 0.3) is 22.2 Å². The molecule has 2 N–H and O–H groups in total. The van der Waals surface area contributed by atoms with Gasteiger partial charge in [-0.3, -0.25) is 9.59 Å². The molecule has 6 rings (SSSR count). The van der Waals surface area contributed by atoms with Crippen LogP contribution in [0.2, 0.25) is 0 Å². The molecule has 1 aliphatic rings. The highest BCUT2D eigenvalue weighted by molar-refractivity contribution is 8.13. The van der Waals surface area contributed by atoms with Crippen molar-refractivity contribution in [2.24, 2.45) is 5.92 Å². The SMILES string of the molecule is CCCc1nc2c(C)cc(C(=O)NC(CSC(=O)C3CCCC3)Cc3ccccc3)cc2n1Cc1ccc(-c2ccccc2C(=O)O)cc1. The summed E-state index contributed by atoms with van der Waals surface area (Å²) < 4.78 is 2.19. The molecule has 1 aromatic heterocycles. The number of hydrogen-bond donors (Lipinski definition) is 2. The van der Waals surface area contributed by atoms with Gasteiger partial charge in [0.25, 0.3) is 5.91 Å². The third-order valence-corrected chi connectivity index (χ3v) is 10.6. The van der Waals surface area contributed by atoms with Gasteiger partial charge in [-0.15, -0.1) is 0 Å². The van der Waals surface area contributed by atoms with E-state index in [9.17, 15) is 19.5 Å². The second-order valence-electron chi connectivity index (χ2n) is 13.0. The minimum absolute atomic E-state index is 0.137. The molecule has 252 valence electrons. The molecule has 0 saturated heterocycles. The fraction of sp³-hybridized carbons (Fsp3) is 0.317. The predicted molar refractivity (Wildman–Crippen MR) is 197 cm³/mol. The molecule has 0 aliphatic heterocycles. The number of rotatable bonds is 13. The molecule has 0 bridgehead atoms. The Balaban J connectivity index is 1.26. The quantitative estimate of drug-likeness (QED) is 0.130. The first kappa shape index (κ1) is 34.2. The number of aryl methyl sites for hydroxylation is 2. The van der Waals surface area contributed by atoms with Crippen molar-refractivity contribution in [3.05, 3.63) is 125 Å².